The molecule has 146 valence electrons. The highest BCUT2D eigenvalue weighted by molar-refractivity contribution is 6.22. The molecular weight excluding hydrogens is 350 g/mol. The van der Waals surface area contributed by atoms with Crippen LogP contribution in [0.5, 0.6) is 0 Å². The molecule has 0 bridgehead atoms. The summed E-state index contributed by atoms with van der Waals surface area (Å²) in [7, 11) is 0. The lowest BCUT2D eigenvalue weighted by molar-refractivity contribution is -0.121. The number of carbonyl (C=O) groups is 2. The van der Waals surface area contributed by atoms with Crippen molar-refractivity contribution in [3.05, 3.63) is 77.4 Å². The predicted molar refractivity (Wildman–Crippen MR) is 112 cm³/mol. The molecule has 3 rings (SSSR count). The molecule has 0 fully saturated rings. The first-order valence-corrected chi connectivity index (χ1v) is 9.47. The number of fused-ring (bicyclic) bond motifs is 1. The van der Waals surface area contributed by atoms with E-state index < -0.39 is 17.1 Å². The minimum absolute atomic E-state index is 0.296. The van der Waals surface area contributed by atoms with Crippen molar-refractivity contribution < 1.29 is 14.3 Å². The molecule has 0 unspecified atom stereocenters. The van der Waals surface area contributed by atoms with Gasteiger partial charge in [-0.05, 0) is 63.8 Å². The summed E-state index contributed by atoms with van der Waals surface area (Å²) < 4.78 is 5.55. The smallest absolute Gasteiger partial charge is 0.421 e. The molecule has 0 saturated carbocycles. The quantitative estimate of drug-likeness (QED) is 0.669. The third-order valence-electron chi connectivity index (χ3n) is 5.04. The summed E-state index contributed by atoms with van der Waals surface area (Å²) in [6, 6.07) is 13.5. The van der Waals surface area contributed by atoms with Crippen LogP contribution in [0.4, 0.5) is 10.5 Å². The molecule has 4 nitrogen and oxygen atoms in total. The number of ether oxygens (including phenoxy) is 1. The number of anilines is 1. The Balaban J connectivity index is 2.25. The summed E-state index contributed by atoms with van der Waals surface area (Å²) in [5.41, 5.74) is 2.71. The van der Waals surface area contributed by atoms with Crippen molar-refractivity contribution in [2.45, 2.75) is 52.1 Å². The van der Waals surface area contributed by atoms with Gasteiger partial charge in [-0.15, -0.1) is 6.58 Å². The van der Waals surface area contributed by atoms with Crippen LogP contribution in [-0.4, -0.2) is 17.6 Å². The molecule has 0 spiro atoms. The first kappa shape index (κ1) is 19.9. The Kier molecular flexibility index (Phi) is 4.92. The summed E-state index contributed by atoms with van der Waals surface area (Å²) in [6.07, 6.45) is 1.49. The van der Waals surface area contributed by atoms with Gasteiger partial charge in [-0.3, -0.25) is 4.79 Å². The van der Waals surface area contributed by atoms with Crippen LogP contribution in [-0.2, 0) is 14.9 Å². The lowest BCUT2D eigenvalue weighted by atomic mass is 9.71. The molecule has 1 aliphatic rings. The number of rotatable bonds is 3. The Morgan fingerprint density at radius 2 is 1.82 bits per heavy atom. The molecular formula is C24H27NO3. The van der Waals surface area contributed by atoms with Gasteiger partial charge in [0.15, 0.2) is 0 Å². The number of carbonyl (C=O) groups excluding carboxylic acids is 2. The number of para-hydroxylation sites is 1. The lowest BCUT2D eigenvalue weighted by Gasteiger charge is -2.30. The van der Waals surface area contributed by atoms with Crippen molar-refractivity contribution in [1.29, 1.82) is 0 Å². The van der Waals surface area contributed by atoms with E-state index in [0.717, 1.165) is 22.3 Å². The van der Waals surface area contributed by atoms with Crippen LogP contribution in [0.3, 0.4) is 0 Å². The Morgan fingerprint density at radius 3 is 2.43 bits per heavy atom. The van der Waals surface area contributed by atoms with E-state index >= 15 is 0 Å². The second-order valence-corrected chi connectivity index (χ2v) is 8.35. The van der Waals surface area contributed by atoms with E-state index in [9.17, 15) is 9.59 Å². The molecule has 1 heterocycles. The standard InChI is InChI=1S/C24H27NO3/c1-7-14-24(18-13-12-16(2)15-17(18)3)19-10-8-9-11-20(19)25(21(24)26)22(27)28-23(4,5)6/h7-13,15H,1,14H2,2-6H3/t24-/m1/s1. The van der Waals surface area contributed by atoms with E-state index in [0.29, 0.717) is 12.1 Å². The average Bonchev–Trinajstić information content (AvgIpc) is 2.83. The third-order valence-corrected chi connectivity index (χ3v) is 5.04. The molecule has 0 saturated heterocycles. The van der Waals surface area contributed by atoms with Gasteiger partial charge in [0.1, 0.15) is 11.0 Å². The molecule has 0 radical (unpaired) electrons. The van der Waals surface area contributed by atoms with E-state index in [1.54, 1.807) is 32.9 Å². The number of hydrogen-bond acceptors (Lipinski definition) is 3. The molecule has 1 atom stereocenters. The van der Waals surface area contributed by atoms with Gasteiger partial charge in [0.05, 0.1) is 5.69 Å². The summed E-state index contributed by atoms with van der Waals surface area (Å²) >= 11 is 0. The minimum atomic E-state index is -0.993. The average molecular weight is 377 g/mol. The van der Waals surface area contributed by atoms with Crippen LogP contribution in [0, 0.1) is 13.8 Å². The second-order valence-electron chi connectivity index (χ2n) is 8.35. The van der Waals surface area contributed by atoms with Crippen molar-refractivity contribution in [2.75, 3.05) is 4.90 Å². The minimum Gasteiger partial charge on any atom is -0.443 e. The van der Waals surface area contributed by atoms with Crippen LogP contribution < -0.4 is 4.90 Å². The largest absolute Gasteiger partial charge is 0.443 e. The highest BCUT2D eigenvalue weighted by Crippen LogP contribution is 2.49. The zero-order valence-corrected chi connectivity index (χ0v) is 17.2. The molecule has 28 heavy (non-hydrogen) atoms. The number of aryl methyl sites for hydroxylation is 2. The van der Waals surface area contributed by atoms with Gasteiger partial charge in [-0.1, -0.05) is 48.0 Å². The maximum Gasteiger partial charge on any atom is 0.421 e. The van der Waals surface area contributed by atoms with Gasteiger partial charge >= 0.3 is 6.09 Å². The number of hydrogen-bond donors (Lipinski definition) is 0. The van der Waals surface area contributed by atoms with E-state index in [4.69, 9.17) is 4.74 Å². The van der Waals surface area contributed by atoms with Gasteiger partial charge in [-0.2, -0.15) is 0 Å². The normalized spacial score (nSPS) is 18.8. The predicted octanol–water partition coefficient (Wildman–Crippen LogP) is 5.45. The van der Waals surface area contributed by atoms with Crippen molar-refractivity contribution in [1.82, 2.24) is 0 Å². The molecule has 0 aromatic heterocycles. The number of amides is 2. The SMILES string of the molecule is C=CC[C@]1(c2ccc(C)cc2C)C(=O)N(C(=O)OC(C)(C)C)c2ccccc21. The van der Waals surface area contributed by atoms with Crippen molar-refractivity contribution >= 4 is 17.7 Å². The molecule has 0 aliphatic carbocycles. The Morgan fingerprint density at radius 1 is 1.14 bits per heavy atom. The summed E-state index contributed by atoms with van der Waals surface area (Å²) in [5, 5.41) is 0. The van der Waals surface area contributed by atoms with E-state index in [1.165, 1.54) is 4.90 Å². The zero-order valence-electron chi connectivity index (χ0n) is 17.2. The molecule has 1 aliphatic heterocycles. The maximum absolute atomic E-state index is 13.8. The molecule has 0 N–H and O–H groups in total. The number of imide groups is 1. The lowest BCUT2D eigenvalue weighted by Crippen LogP contribution is -2.46. The van der Waals surface area contributed by atoms with E-state index in [1.807, 2.05) is 44.2 Å². The summed E-state index contributed by atoms with van der Waals surface area (Å²) in [6.45, 7) is 13.3. The fourth-order valence-corrected chi connectivity index (χ4v) is 4.01. The topological polar surface area (TPSA) is 46.6 Å². The number of benzene rings is 2. The Bertz CT molecular complexity index is 955. The van der Waals surface area contributed by atoms with Crippen LogP contribution in [0.15, 0.2) is 55.1 Å². The van der Waals surface area contributed by atoms with Crippen LogP contribution in [0.1, 0.15) is 49.4 Å². The Labute approximate surface area is 166 Å². The van der Waals surface area contributed by atoms with Gasteiger partial charge in [0.2, 0.25) is 0 Å². The molecule has 2 aromatic rings. The van der Waals surface area contributed by atoms with Crippen LogP contribution in [0.25, 0.3) is 0 Å². The fraction of sp³-hybridized carbons (Fsp3) is 0.333. The maximum atomic E-state index is 13.8. The monoisotopic (exact) mass is 377 g/mol. The number of allylic oxidation sites excluding steroid dienone is 1. The van der Waals surface area contributed by atoms with E-state index in [-0.39, 0.29) is 5.91 Å². The van der Waals surface area contributed by atoms with E-state index in [2.05, 4.69) is 12.6 Å². The third kappa shape index (κ3) is 3.13. The van der Waals surface area contributed by atoms with Crippen molar-refractivity contribution in [2.24, 2.45) is 0 Å². The van der Waals surface area contributed by atoms with Crippen LogP contribution >= 0.6 is 0 Å². The molecule has 4 heteroatoms. The summed E-state index contributed by atoms with van der Waals surface area (Å²) in [4.78, 5) is 28.0. The highest BCUT2D eigenvalue weighted by Gasteiger charge is 2.54. The van der Waals surface area contributed by atoms with Crippen molar-refractivity contribution in [3.63, 3.8) is 0 Å². The van der Waals surface area contributed by atoms with Crippen molar-refractivity contribution in [3.8, 4) is 0 Å². The molecule has 2 aromatic carbocycles. The van der Waals surface area contributed by atoms with Gasteiger partial charge in [0, 0.05) is 0 Å². The highest BCUT2D eigenvalue weighted by atomic mass is 16.6. The Hall–Kier alpha value is -2.88. The zero-order chi connectivity index (χ0) is 20.7. The number of nitrogens with zero attached hydrogens (tertiary/aromatic N) is 1. The second kappa shape index (κ2) is 6.93. The van der Waals surface area contributed by atoms with Gasteiger partial charge in [-0.25, -0.2) is 9.69 Å². The molecule has 2 amide bonds. The first-order valence-electron chi connectivity index (χ1n) is 9.47. The van der Waals surface area contributed by atoms with Crippen LogP contribution in [0.2, 0.25) is 0 Å². The van der Waals surface area contributed by atoms with Gasteiger partial charge in [0.25, 0.3) is 5.91 Å². The first-order chi connectivity index (χ1) is 13.1. The fourth-order valence-electron chi connectivity index (χ4n) is 4.01. The van der Waals surface area contributed by atoms with Gasteiger partial charge < -0.3 is 4.74 Å². The summed E-state index contributed by atoms with van der Waals surface area (Å²) in [5.74, 6) is -0.296.